The summed E-state index contributed by atoms with van der Waals surface area (Å²) >= 11 is 1.43. The molecule has 1 fully saturated rings. The lowest BCUT2D eigenvalue weighted by Crippen LogP contribution is -2.38. The number of nitrogens with one attached hydrogen (secondary N) is 1. The fourth-order valence-corrected chi connectivity index (χ4v) is 6.22. The first-order valence-electron chi connectivity index (χ1n) is 14.0. The zero-order valence-electron chi connectivity index (χ0n) is 23.2. The van der Waals surface area contributed by atoms with Gasteiger partial charge in [-0.3, -0.25) is 9.59 Å². The third-order valence-electron chi connectivity index (χ3n) is 7.64. The van der Waals surface area contributed by atoms with Gasteiger partial charge in [0.25, 0.3) is 11.8 Å². The van der Waals surface area contributed by atoms with E-state index in [1.165, 1.54) is 23.5 Å². The summed E-state index contributed by atoms with van der Waals surface area (Å²) in [6.07, 6.45) is -2.56. The van der Waals surface area contributed by atoms with Crippen molar-refractivity contribution >= 4 is 23.2 Å². The number of amides is 2. The number of rotatable bonds is 8. The number of nitrogens with zero attached hydrogens (tertiary/aromatic N) is 3. The van der Waals surface area contributed by atoms with Crippen molar-refractivity contribution < 1.29 is 22.8 Å². The SMILES string of the molecule is N#CC(CCNC(=O)c1csc(C2CCN(C(=O)c3ccccc3-c3ccc(C(F)(F)F)cc3)CC2)n1)c1ccccc1. The van der Waals surface area contributed by atoms with Gasteiger partial charge in [0.1, 0.15) is 5.69 Å². The summed E-state index contributed by atoms with van der Waals surface area (Å²) in [4.78, 5) is 32.5. The van der Waals surface area contributed by atoms with Crippen molar-refractivity contribution in [3.05, 3.63) is 112 Å². The van der Waals surface area contributed by atoms with Crippen molar-refractivity contribution in [2.75, 3.05) is 19.6 Å². The fourth-order valence-electron chi connectivity index (χ4n) is 5.25. The van der Waals surface area contributed by atoms with E-state index in [-0.39, 0.29) is 23.7 Å². The molecule has 4 aromatic rings. The Morgan fingerprint density at radius 2 is 1.67 bits per heavy atom. The van der Waals surface area contributed by atoms with Crippen LogP contribution >= 0.6 is 11.3 Å². The molecule has 2 amide bonds. The summed E-state index contributed by atoms with van der Waals surface area (Å²) in [6.45, 7) is 1.36. The van der Waals surface area contributed by atoms with Crippen molar-refractivity contribution in [2.45, 2.75) is 37.3 Å². The lowest BCUT2D eigenvalue weighted by Gasteiger charge is -2.31. The van der Waals surface area contributed by atoms with E-state index in [2.05, 4.69) is 16.4 Å². The van der Waals surface area contributed by atoms with Gasteiger partial charge in [0, 0.05) is 36.5 Å². The van der Waals surface area contributed by atoms with Gasteiger partial charge in [-0.1, -0.05) is 60.7 Å². The first-order valence-corrected chi connectivity index (χ1v) is 14.9. The Hall–Kier alpha value is -4.49. The standard InChI is InChI=1S/C33H29F3N4O2S/c34-33(35,36)26-12-10-23(11-13-26)27-8-4-5-9-28(27)32(42)40-18-15-24(16-19-40)31-39-29(21-43-31)30(41)38-17-14-25(20-37)22-6-2-1-3-7-22/h1-13,21,24-25H,14-19H2,(H,38,41). The van der Waals surface area contributed by atoms with E-state index < -0.39 is 11.7 Å². The highest BCUT2D eigenvalue weighted by atomic mass is 32.1. The van der Waals surface area contributed by atoms with Crippen LogP contribution in [-0.2, 0) is 6.18 Å². The minimum absolute atomic E-state index is 0.113. The van der Waals surface area contributed by atoms with Crippen LogP contribution in [0.3, 0.4) is 0 Å². The Morgan fingerprint density at radius 3 is 2.35 bits per heavy atom. The highest BCUT2D eigenvalue weighted by molar-refractivity contribution is 7.09. The molecule has 5 rings (SSSR count). The minimum Gasteiger partial charge on any atom is -0.351 e. The van der Waals surface area contributed by atoms with Gasteiger partial charge in [-0.2, -0.15) is 18.4 Å². The Bertz CT molecular complexity index is 1610. The van der Waals surface area contributed by atoms with Gasteiger partial charge < -0.3 is 10.2 Å². The number of aromatic nitrogens is 1. The number of hydrogen-bond acceptors (Lipinski definition) is 5. The maximum Gasteiger partial charge on any atom is 0.416 e. The molecule has 0 spiro atoms. The predicted molar refractivity (Wildman–Crippen MR) is 159 cm³/mol. The lowest BCUT2D eigenvalue weighted by molar-refractivity contribution is -0.137. The zero-order valence-corrected chi connectivity index (χ0v) is 24.0. The number of carbonyl (C=O) groups is 2. The average Bonchev–Trinajstić information content (AvgIpc) is 3.54. The van der Waals surface area contributed by atoms with Gasteiger partial charge in [0.05, 0.1) is 22.6 Å². The second-order valence-electron chi connectivity index (χ2n) is 10.4. The molecule has 10 heteroatoms. The highest BCUT2D eigenvalue weighted by Crippen LogP contribution is 2.34. The summed E-state index contributed by atoms with van der Waals surface area (Å²) in [5.41, 5.74) is 2.10. The molecular formula is C33H29F3N4O2S. The maximum atomic E-state index is 13.5. The number of benzene rings is 3. The summed E-state index contributed by atoms with van der Waals surface area (Å²) in [5.74, 6) is -0.636. The molecule has 1 aliphatic heterocycles. The molecule has 1 atom stereocenters. The van der Waals surface area contributed by atoms with Gasteiger partial charge in [-0.25, -0.2) is 4.98 Å². The van der Waals surface area contributed by atoms with Crippen LogP contribution < -0.4 is 5.32 Å². The number of piperidine rings is 1. The first kappa shape index (κ1) is 30.0. The monoisotopic (exact) mass is 602 g/mol. The van der Waals surface area contributed by atoms with E-state index in [4.69, 9.17) is 0 Å². The van der Waals surface area contributed by atoms with Crippen LogP contribution in [0.1, 0.15) is 68.1 Å². The van der Waals surface area contributed by atoms with E-state index in [1.807, 2.05) is 30.3 Å². The molecule has 220 valence electrons. The van der Waals surface area contributed by atoms with Crippen molar-refractivity contribution in [3.8, 4) is 17.2 Å². The molecule has 0 aliphatic carbocycles. The largest absolute Gasteiger partial charge is 0.416 e. The topological polar surface area (TPSA) is 86.1 Å². The van der Waals surface area contributed by atoms with Gasteiger partial charge in [-0.15, -0.1) is 11.3 Å². The predicted octanol–water partition coefficient (Wildman–Crippen LogP) is 7.28. The number of likely N-dealkylation sites (tertiary alicyclic amines) is 1. The number of thiazole rings is 1. The minimum atomic E-state index is -4.43. The summed E-state index contributed by atoms with van der Waals surface area (Å²) in [7, 11) is 0. The van der Waals surface area contributed by atoms with Gasteiger partial charge >= 0.3 is 6.18 Å². The maximum absolute atomic E-state index is 13.5. The molecule has 43 heavy (non-hydrogen) atoms. The second-order valence-corrected chi connectivity index (χ2v) is 11.3. The van der Waals surface area contributed by atoms with Crippen LogP contribution in [-0.4, -0.2) is 41.3 Å². The number of hydrogen-bond donors (Lipinski definition) is 1. The van der Waals surface area contributed by atoms with E-state index in [1.54, 1.807) is 34.5 Å². The Balaban J connectivity index is 1.16. The van der Waals surface area contributed by atoms with E-state index >= 15 is 0 Å². The third-order valence-corrected chi connectivity index (χ3v) is 8.65. The average molecular weight is 603 g/mol. The summed E-state index contributed by atoms with van der Waals surface area (Å²) < 4.78 is 39.0. The molecular weight excluding hydrogens is 573 g/mol. The van der Waals surface area contributed by atoms with E-state index in [9.17, 15) is 28.0 Å². The Labute approximate surface area is 251 Å². The van der Waals surface area contributed by atoms with Gasteiger partial charge in [-0.05, 0) is 54.2 Å². The van der Waals surface area contributed by atoms with Gasteiger partial charge in [0.15, 0.2) is 0 Å². The number of nitriles is 1. The first-order chi connectivity index (χ1) is 20.7. The summed E-state index contributed by atoms with van der Waals surface area (Å²) in [6, 6.07) is 23.5. The Kier molecular flexibility index (Phi) is 9.22. The van der Waals surface area contributed by atoms with Crippen LogP contribution in [0.4, 0.5) is 13.2 Å². The van der Waals surface area contributed by atoms with Crippen LogP contribution in [0, 0.1) is 11.3 Å². The zero-order chi connectivity index (χ0) is 30.4. The van der Waals surface area contributed by atoms with Crippen molar-refractivity contribution in [1.29, 1.82) is 5.26 Å². The molecule has 3 aromatic carbocycles. The van der Waals surface area contributed by atoms with Gasteiger partial charge in [0.2, 0.25) is 0 Å². The molecule has 6 nitrogen and oxygen atoms in total. The molecule has 0 saturated carbocycles. The molecule has 1 unspecified atom stereocenters. The van der Waals surface area contributed by atoms with Crippen LogP contribution in [0.2, 0.25) is 0 Å². The smallest absolute Gasteiger partial charge is 0.351 e. The second kappa shape index (κ2) is 13.2. The van der Waals surface area contributed by atoms with E-state index in [0.29, 0.717) is 61.3 Å². The Morgan fingerprint density at radius 1 is 1.00 bits per heavy atom. The van der Waals surface area contributed by atoms with Crippen molar-refractivity contribution in [1.82, 2.24) is 15.2 Å². The normalized spacial score (nSPS) is 14.6. The molecule has 2 heterocycles. The van der Waals surface area contributed by atoms with Crippen molar-refractivity contribution in [3.63, 3.8) is 0 Å². The quantitative estimate of drug-likeness (QED) is 0.230. The van der Waals surface area contributed by atoms with Crippen LogP contribution in [0.15, 0.2) is 84.2 Å². The third kappa shape index (κ3) is 7.12. The van der Waals surface area contributed by atoms with E-state index in [0.717, 1.165) is 22.7 Å². The molecule has 1 saturated heterocycles. The molecule has 1 N–H and O–H groups in total. The molecule has 0 radical (unpaired) electrons. The lowest BCUT2D eigenvalue weighted by atomic mass is 9.94. The number of carbonyl (C=O) groups excluding carboxylic acids is 2. The molecule has 1 aliphatic rings. The highest BCUT2D eigenvalue weighted by Gasteiger charge is 2.31. The van der Waals surface area contributed by atoms with Crippen LogP contribution in [0.5, 0.6) is 0 Å². The number of alkyl halides is 3. The van der Waals surface area contributed by atoms with Crippen LogP contribution in [0.25, 0.3) is 11.1 Å². The summed E-state index contributed by atoms with van der Waals surface area (Å²) in [5, 5.41) is 14.9. The fraction of sp³-hybridized carbons (Fsp3) is 0.273. The molecule has 0 bridgehead atoms. The van der Waals surface area contributed by atoms with Crippen molar-refractivity contribution in [2.24, 2.45) is 0 Å². The number of halogens is 3. The molecule has 1 aromatic heterocycles.